The zero-order valence-corrected chi connectivity index (χ0v) is 9.64. The van der Waals surface area contributed by atoms with Crippen molar-refractivity contribution in [3.8, 4) is 0 Å². The molecule has 1 aromatic heterocycles. The Morgan fingerprint density at radius 3 is 2.88 bits per heavy atom. The van der Waals surface area contributed by atoms with Crippen molar-refractivity contribution in [2.45, 2.75) is 19.4 Å². The molecule has 0 amide bonds. The Bertz CT molecular complexity index is 504. The van der Waals surface area contributed by atoms with Gasteiger partial charge in [-0.15, -0.1) is 0 Å². The van der Waals surface area contributed by atoms with Gasteiger partial charge >= 0.3 is 0 Å². The van der Waals surface area contributed by atoms with Gasteiger partial charge in [0.1, 0.15) is 5.82 Å². The number of nitrogens with zero attached hydrogens (tertiary/aromatic N) is 2. The smallest absolute Gasteiger partial charge is 0.109 e. The van der Waals surface area contributed by atoms with E-state index >= 15 is 0 Å². The van der Waals surface area contributed by atoms with Crippen LogP contribution in [0.15, 0.2) is 18.2 Å². The predicted molar refractivity (Wildman–Crippen MR) is 64.1 cm³/mol. The second kappa shape index (κ2) is 4.23. The summed E-state index contributed by atoms with van der Waals surface area (Å²) in [5, 5.41) is 9.02. The molecule has 1 aromatic carbocycles. The molecule has 1 unspecified atom stereocenters. The molecule has 0 fully saturated rings. The van der Waals surface area contributed by atoms with Gasteiger partial charge in [0.05, 0.1) is 23.7 Å². The molecule has 2 aromatic rings. The molecule has 0 radical (unpaired) electrons. The highest BCUT2D eigenvalue weighted by atomic mass is 16.3. The Kier molecular flexibility index (Phi) is 2.94. The fourth-order valence-electron chi connectivity index (χ4n) is 1.92. The van der Waals surface area contributed by atoms with Crippen LogP contribution in [-0.4, -0.2) is 21.3 Å². The monoisotopic (exact) mass is 219 g/mol. The summed E-state index contributed by atoms with van der Waals surface area (Å²) < 4.78 is 2.09. The first-order valence-electron chi connectivity index (χ1n) is 5.49. The summed E-state index contributed by atoms with van der Waals surface area (Å²) >= 11 is 0. The molecule has 1 heterocycles. The van der Waals surface area contributed by atoms with Crippen LogP contribution in [0.4, 0.5) is 0 Å². The second-order valence-electron chi connectivity index (χ2n) is 3.98. The van der Waals surface area contributed by atoms with Crippen molar-refractivity contribution >= 4 is 11.0 Å². The van der Waals surface area contributed by atoms with Gasteiger partial charge in [0.2, 0.25) is 0 Å². The molecule has 4 heteroatoms. The number of nitrogens with two attached hydrogens (primary N) is 1. The first-order valence-corrected chi connectivity index (χ1v) is 5.49. The van der Waals surface area contributed by atoms with Crippen molar-refractivity contribution in [2.24, 2.45) is 12.8 Å². The summed E-state index contributed by atoms with van der Waals surface area (Å²) in [4.78, 5) is 4.53. The number of aliphatic hydroxyl groups is 1. The third-order valence-corrected chi connectivity index (χ3v) is 2.94. The lowest BCUT2D eigenvalue weighted by molar-refractivity contribution is 0.268. The summed E-state index contributed by atoms with van der Waals surface area (Å²) in [6.45, 7) is 2.04. The average Bonchev–Trinajstić information content (AvgIpc) is 2.64. The third-order valence-electron chi connectivity index (χ3n) is 2.94. The van der Waals surface area contributed by atoms with Crippen LogP contribution >= 0.6 is 0 Å². The van der Waals surface area contributed by atoms with Gasteiger partial charge < -0.3 is 15.4 Å². The molecule has 0 saturated heterocycles. The van der Waals surface area contributed by atoms with Crippen molar-refractivity contribution in [2.75, 3.05) is 6.61 Å². The number of rotatable bonds is 3. The van der Waals surface area contributed by atoms with Gasteiger partial charge in [-0.3, -0.25) is 0 Å². The number of aromatic nitrogens is 2. The van der Waals surface area contributed by atoms with Gasteiger partial charge in [-0.05, 0) is 17.7 Å². The van der Waals surface area contributed by atoms with E-state index in [4.69, 9.17) is 10.8 Å². The van der Waals surface area contributed by atoms with Crippen molar-refractivity contribution in [3.63, 3.8) is 0 Å². The lowest BCUT2D eigenvalue weighted by Crippen LogP contribution is -2.14. The van der Waals surface area contributed by atoms with Crippen LogP contribution in [0.1, 0.15) is 24.4 Å². The summed E-state index contributed by atoms with van der Waals surface area (Å²) in [6, 6.07) is 5.59. The van der Waals surface area contributed by atoms with Gasteiger partial charge in [0, 0.05) is 13.5 Å². The van der Waals surface area contributed by atoms with Crippen LogP contribution in [0.5, 0.6) is 0 Å². The molecule has 0 aliphatic heterocycles. The maximum absolute atomic E-state index is 9.02. The molecule has 0 bridgehead atoms. The quantitative estimate of drug-likeness (QED) is 0.813. The SMILES string of the molecule is CCc1nc2cc(C(N)CO)ccc2n1C. The van der Waals surface area contributed by atoms with E-state index in [9.17, 15) is 0 Å². The normalized spacial score (nSPS) is 13.2. The molecule has 4 nitrogen and oxygen atoms in total. The highest BCUT2D eigenvalue weighted by Crippen LogP contribution is 2.19. The van der Waals surface area contributed by atoms with Crippen molar-refractivity contribution < 1.29 is 5.11 Å². The van der Waals surface area contributed by atoms with Crippen LogP contribution in [0.2, 0.25) is 0 Å². The molecular formula is C12H17N3O. The minimum Gasteiger partial charge on any atom is -0.394 e. The van der Waals surface area contributed by atoms with Crippen LogP contribution in [0.25, 0.3) is 11.0 Å². The van der Waals surface area contributed by atoms with Crippen LogP contribution < -0.4 is 5.73 Å². The Morgan fingerprint density at radius 1 is 1.50 bits per heavy atom. The van der Waals surface area contributed by atoms with Crippen molar-refractivity contribution in [3.05, 3.63) is 29.6 Å². The maximum atomic E-state index is 9.02. The summed E-state index contributed by atoms with van der Waals surface area (Å²) in [6.07, 6.45) is 0.909. The lowest BCUT2D eigenvalue weighted by atomic mass is 10.1. The minimum atomic E-state index is -0.323. The van der Waals surface area contributed by atoms with Gasteiger partial charge in [-0.25, -0.2) is 4.98 Å². The van der Waals surface area contributed by atoms with Crippen molar-refractivity contribution in [1.29, 1.82) is 0 Å². The molecule has 0 saturated carbocycles. The topological polar surface area (TPSA) is 64.1 Å². The molecule has 1 atom stereocenters. The van der Waals surface area contributed by atoms with E-state index in [1.165, 1.54) is 0 Å². The second-order valence-corrected chi connectivity index (χ2v) is 3.98. The maximum Gasteiger partial charge on any atom is 0.109 e. The molecule has 0 spiro atoms. The Morgan fingerprint density at radius 2 is 2.25 bits per heavy atom. The highest BCUT2D eigenvalue weighted by molar-refractivity contribution is 5.77. The van der Waals surface area contributed by atoms with Crippen LogP contribution in [-0.2, 0) is 13.5 Å². The van der Waals surface area contributed by atoms with E-state index in [1.807, 2.05) is 25.2 Å². The zero-order chi connectivity index (χ0) is 11.7. The first kappa shape index (κ1) is 11.1. The number of benzene rings is 1. The van der Waals surface area contributed by atoms with Gasteiger partial charge in [-0.1, -0.05) is 13.0 Å². The summed E-state index contributed by atoms with van der Waals surface area (Å²) in [5.74, 6) is 1.06. The standard InChI is InChI=1S/C12H17N3O/c1-3-12-14-10-6-8(9(13)7-16)4-5-11(10)15(12)2/h4-6,9,16H,3,7,13H2,1-2H3. The van der Waals surface area contributed by atoms with Gasteiger partial charge in [0.25, 0.3) is 0 Å². The molecule has 0 aliphatic carbocycles. The number of aliphatic hydroxyl groups excluding tert-OH is 1. The third kappa shape index (κ3) is 1.70. The van der Waals surface area contributed by atoms with Crippen LogP contribution in [0.3, 0.4) is 0 Å². The highest BCUT2D eigenvalue weighted by Gasteiger charge is 2.09. The van der Waals surface area contributed by atoms with E-state index in [1.54, 1.807) is 0 Å². The largest absolute Gasteiger partial charge is 0.394 e. The molecule has 2 rings (SSSR count). The molecule has 86 valence electrons. The first-order chi connectivity index (χ1) is 7.67. The number of fused-ring (bicyclic) bond motifs is 1. The summed E-state index contributed by atoms with van der Waals surface area (Å²) in [5.41, 5.74) is 8.75. The van der Waals surface area contributed by atoms with E-state index in [0.717, 1.165) is 28.8 Å². The number of hydrogen-bond acceptors (Lipinski definition) is 3. The zero-order valence-electron chi connectivity index (χ0n) is 9.64. The number of hydrogen-bond donors (Lipinski definition) is 2. The Labute approximate surface area is 94.7 Å². The fraction of sp³-hybridized carbons (Fsp3) is 0.417. The number of aryl methyl sites for hydroxylation is 2. The molecular weight excluding hydrogens is 202 g/mol. The summed E-state index contributed by atoms with van der Waals surface area (Å²) in [7, 11) is 2.01. The van der Waals surface area contributed by atoms with E-state index in [-0.39, 0.29) is 12.6 Å². The lowest BCUT2D eigenvalue weighted by Gasteiger charge is -2.07. The van der Waals surface area contributed by atoms with Crippen LogP contribution in [0, 0.1) is 0 Å². The minimum absolute atomic E-state index is 0.0427. The molecule has 3 N–H and O–H groups in total. The average molecular weight is 219 g/mol. The van der Waals surface area contributed by atoms with E-state index in [2.05, 4.69) is 16.5 Å². The molecule has 0 aliphatic rings. The fourth-order valence-corrected chi connectivity index (χ4v) is 1.92. The van der Waals surface area contributed by atoms with E-state index in [0.29, 0.717) is 0 Å². The van der Waals surface area contributed by atoms with Gasteiger partial charge in [-0.2, -0.15) is 0 Å². The Hall–Kier alpha value is -1.39. The molecule has 16 heavy (non-hydrogen) atoms. The van der Waals surface area contributed by atoms with Crippen molar-refractivity contribution in [1.82, 2.24) is 9.55 Å². The van der Waals surface area contributed by atoms with Gasteiger partial charge in [0.15, 0.2) is 0 Å². The van der Waals surface area contributed by atoms with E-state index < -0.39 is 0 Å². The predicted octanol–water partition coefficient (Wildman–Crippen LogP) is 1.13. The number of imidazole rings is 1. The Balaban J connectivity index is 2.54.